The minimum Gasteiger partial charge on any atom is -0.388 e. The Morgan fingerprint density at radius 2 is 2.12 bits per heavy atom. The first-order valence-electron chi connectivity index (χ1n) is 7.67. The Bertz CT molecular complexity index is 987. The summed E-state index contributed by atoms with van der Waals surface area (Å²) >= 11 is 0. The summed E-state index contributed by atoms with van der Waals surface area (Å²) in [6.07, 6.45) is -0.332. The smallest absolute Gasteiger partial charge is 0.191 e. The second-order valence-corrected chi connectivity index (χ2v) is 5.74. The number of aromatic amines is 1. The molecule has 25 heavy (non-hydrogen) atoms. The Morgan fingerprint density at radius 3 is 2.92 bits per heavy atom. The molecule has 0 saturated carbocycles. The van der Waals surface area contributed by atoms with Crippen molar-refractivity contribution in [3.05, 3.63) is 47.2 Å². The Balaban J connectivity index is 1.80. The summed E-state index contributed by atoms with van der Waals surface area (Å²) in [6.45, 7) is -0.304. The van der Waals surface area contributed by atoms with Gasteiger partial charge in [-0.3, -0.25) is 14.9 Å². The zero-order chi connectivity index (χ0) is 17.6. The number of ether oxygens (including phenoxy) is 1. The first-order chi connectivity index (χ1) is 12.1. The number of aromatic nitrogens is 3. The fourth-order valence-electron chi connectivity index (χ4n) is 3.00. The lowest BCUT2D eigenvalue weighted by molar-refractivity contribution is -0.134. The second kappa shape index (κ2) is 5.98. The Hall–Kier alpha value is -2.71. The maximum Gasteiger partial charge on any atom is 0.191 e. The van der Waals surface area contributed by atoms with Crippen LogP contribution in [0, 0.1) is 11.6 Å². The molecule has 0 saturated heterocycles. The molecule has 1 aromatic carbocycles. The molecule has 2 N–H and O–H groups in total. The maximum atomic E-state index is 13.6. The molecule has 0 fully saturated rings. The van der Waals surface area contributed by atoms with Gasteiger partial charge < -0.3 is 9.84 Å². The number of carbonyl (C=O) groups excluding carboxylic acids is 1. The van der Waals surface area contributed by atoms with Gasteiger partial charge in [0.05, 0.1) is 17.8 Å². The topological polar surface area (TPSA) is 88.1 Å². The van der Waals surface area contributed by atoms with Gasteiger partial charge >= 0.3 is 0 Å². The van der Waals surface area contributed by atoms with E-state index in [1.54, 1.807) is 12.1 Å². The molecule has 0 spiro atoms. The van der Waals surface area contributed by atoms with Gasteiger partial charge in [0, 0.05) is 29.1 Å². The van der Waals surface area contributed by atoms with Crippen molar-refractivity contribution < 1.29 is 23.4 Å². The number of aliphatic hydroxyl groups excluding tert-OH is 1. The van der Waals surface area contributed by atoms with Crippen LogP contribution >= 0.6 is 0 Å². The predicted molar refractivity (Wildman–Crippen MR) is 83.7 cm³/mol. The summed E-state index contributed by atoms with van der Waals surface area (Å²) in [7, 11) is 0. The fourth-order valence-corrected chi connectivity index (χ4v) is 3.00. The predicted octanol–water partition coefficient (Wildman–Crippen LogP) is 2.08. The molecule has 8 heteroatoms. The number of halogens is 2. The third-order valence-corrected chi connectivity index (χ3v) is 4.21. The molecule has 0 radical (unpaired) electrons. The number of hydrogen-bond donors (Lipinski definition) is 2. The number of aliphatic hydroxyl groups is 1. The normalized spacial score (nSPS) is 16.8. The van der Waals surface area contributed by atoms with Gasteiger partial charge in [0.1, 0.15) is 18.4 Å². The minimum absolute atomic E-state index is 0.307. The highest BCUT2D eigenvalue weighted by molar-refractivity contribution is 5.92. The third kappa shape index (κ3) is 2.59. The van der Waals surface area contributed by atoms with E-state index in [1.165, 1.54) is 0 Å². The van der Waals surface area contributed by atoms with Crippen LogP contribution in [0.15, 0.2) is 24.3 Å². The van der Waals surface area contributed by atoms with E-state index < -0.39 is 30.1 Å². The highest BCUT2D eigenvalue weighted by Crippen LogP contribution is 2.31. The molecular weight excluding hydrogens is 332 g/mol. The minimum atomic E-state index is -0.963. The fraction of sp³-hybridized carbons (Fsp3) is 0.235. The quantitative estimate of drug-likeness (QED) is 0.759. The van der Waals surface area contributed by atoms with Crippen LogP contribution in [0.5, 0.6) is 0 Å². The average molecular weight is 345 g/mol. The van der Waals surface area contributed by atoms with Crippen molar-refractivity contribution in [3.8, 4) is 11.4 Å². The average Bonchev–Trinajstić information content (AvgIpc) is 3.03. The molecule has 2 aromatic heterocycles. The van der Waals surface area contributed by atoms with Crippen LogP contribution in [0.25, 0.3) is 22.3 Å². The van der Waals surface area contributed by atoms with E-state index in [1.807, 2.05) is 0 Å². The highest BCUT2D eigenvalue weighted by atomic mass is 19.2. The number of fused-ring (bicyclic) bond motifs is 2. The molecule has 0 bridgehead atoms. The zero-order valence-corrected chi connectivity index (χ0v) is 12.9. The lowest BCUT2D eigenvalue weighted by Gasteiger charge is -2.24. The first-order valence-corrected chi connectivity index (χ1v) is 7.67. The molecule has 128 valence electrons. The monoisotopic (exact) mass is 345 g/mol. The first kappa shape index (κ1) is 15.8. The van der Waals surface area contributed by atoms with Crippen LogP contribution in [0.3, 0.4) is 0 Å². The van der Waals surface area contributed by atoms with Crippen LogP contribution in [-0.2, 0) is 16.0 Å². The summed E-state index contributed by atoms with van der Waals surface area (Å²) < 4.78 is 32.3. The van der Waals surface area contributed by atoms with Gasteiger partial charge in [-0.1, -0.05) is 6.07 Å². The van der Waals surface area contributed by atoms with Crippen molar-refractivity contribution in [1.29, 1.82) is 0 Å². The number of ketones is 1. The van der Waals surface area contributed by atoms with Crippen LogP contribution in [0.2, 0.25) is 0 Å². The maximum absolute atomic E-state index is 13.6. The van der Waals surface area contributed by atoms with E-state index in [4.69, 9.17) is 9.84 Å². The molecule has 3 heterocycles. The largest absolute Gasteiger partial charge is 0.388 e. The summed E-state index contributed by atoms with van der Waals surface area (Å²) in [4.78, 5) is 16.3. The Kier molecular flexibility index (Phi) is 3.78. The molecule has 1 aliphatic rings. The number of carbonyl (C=O) groups is 1. The van der Waals surface area contributed by atoms with Gasteiger partial charge in [0.2, 0.25) is 0 Å². The van der Waals surface area contributed by atoms with Crippen molar-refractivity contribution in [1.82, 2.24) is 15.2 Å². The molecule has 0 amide bonds. The number of benzene rings is 1. The number of pyridine rings is 1. The number of nitrogens with one attached hydrogen (secondary N) is 1. The lowest BCUT2D eigenvalue weighted by atomic mass is 9.98. The summed E-state index contributed by atoms with van der Waals surface area (Å²) in [5.41, 5.74) is 2.51. The number of Topliss-reactive ketones (excluding diaryl/α,β-unsaturated/α-hetero) is 1. The van der Waals surface area contributed by atoms with Crippen LogP contribution < -0.4 is 0 Å². The van der Waals surface area contributed by atoms with Crippen molar-refractivity contribution in [2.24, 2.45) is 0 Å². The standard InChI is InChI=1S/C17H13F2N3O3/c18-10-5-9-14(6-11(10)19)21-22-16(9)13-2-1-8-12(20-13)3-4-25-17(8)15(24)7-23/h1-2,5-6,17,23H,3-4,7H2,(H,21,22). The second-order valence-electron chi connectivity index (χ2n) is 5.74. The van der Waals surface area contributed by atoms with Gasteiger partial charge in [-0.15, -0.1) is 0 Å². The van der Waals surface area contributed by atoms with Crippen molar-refractivity contribution in [2.45, 2.75) is 12.5 Å². The number of H-pyrrole nitrogens is 1. The summed E-state index contributed by atoms with van der Waals surface area (Å²) in [5, 5.41) is 16.2. The SMILES string of the molecule is O=C(CO)C1OCCc2nc(-c3n[nH]c4cc(F)c(F)cc34)ccc21. The molecule has 3 aromatic rings. The molecule has 1 unspecified atom stereocenters. The molecular formula is C17H13F2N3O3. The van der Waals surface area contributed by atoms with E-state index in [-0.39, 0.29) is 0 Å². The molecule has 1 atom stereocenters. The van der Waals surface area contributed by atoms with Gasteiger partial charge in [-0.2, -0.15) is 5.10 Å². The summed E-state index contributed by atoms with van der Waals surface area (Å²) in [5.74, 6) is -2.35. The Labute approximate surface area is 140 Å². The van der Waals surface area contributed by atoms with Gasteiger partial charge in [0.25, 0.3) is 0 Å². The molecule has 6 nitrogen and oxygen atoms in total. The van der Waals surface area contributed by atoms with E-state index >= 15 is 0 Å². The van der Waals surface area contributed by atoms with E-state index in [0.29, 0.717) is 46.6 Å². The van der Waals surface area contributed by atoms with Crippen LogP contribution in [0.1, 0.15) is 17.4 Å². The number of rotatable bonds is 3. The Morgan fingerprint density at radius 1 is 1.32 bits per heavy atom. The molecule has 1 aliphatic heterocycles. The zero-order valence-electron chi connectivity index (χ0n) is 12.9. The van der Waals surface area contributed by atoms with Crippen molar-refractivity contribution in [2.75, 3.05) is 13.2 Å². The highest BCUT2D eigenvalue weighted by Gasteiger charge is 2.28. The van der Waals surface area contributed by atoms with Gasteiger partial charge in [0.15, 0.2) is 17.4 Å². The van der Waals surface area contributed by atoms with E-state index in [9.17, 15) is 13.6 Å². The van der Waals surface area contributed by atoms with Crippen molar-refractivity contribution >= 4 is 16.7 Å². The lowest BCUT2D eigenvalue weighted by Crippen LogP contribution is -2.26. The molecule has 0 aliphatic carbocycles. The van der Waals surface area contributed by atoms with Crippen LogP contribution in [0.4, 0.5) is 8.78 Å². The van der Waals surface area contributed by atoms with Gasteiger partial charge in [-0.05, 0) is 12.1 Å². The molecule has 4 rings (SSSR count). The third-order valence-electron chi connectivity index (χ3n) is 4.21. The van der Waals surface area contributed by atoms with Crippen molar-refractivity contribution in [3.63, 3.8) is 0 Å². The van der Waals surface area contributed by atoms with E-state index in [0.717, 1.165) is 12.1 Å². The number of hydrogen-bond acceptors (Lipinski definition) is 5. The summed E-state index contributed by atoms with van der Waals surface area (Å²) in [6, 6.07) is 5.45. The van der Waals surface area contributed by atoms with E-state index in [2.05, 4.69) is 15.2 Å². The number of nitrogens with zero attached hydrogens (tertiary/aromatic N) is 2. The van der Waals surface area contributed by atoms with Crippen LogP contribution in [-0.4, -0.2) is 39.3 Å². The van der Waals surface area contributed by atoms with Gasteiger partial charge in [-0.25, -0.2) is 8.78 Å².